The lowest BCUT2D eigenvalue weighted by molar-refractivity contribution is 0.204. The SMILES string of the molecule is COCCNS(=O)(=O)c1ccc(-c2nc3c(c(C4CCCCC4)nn3C)c(=O)[nH]2)c(OC)c1. The molecule has 0 aliphatic heterocycles. The van der Waals surface area contributed by atoms with E-state index in [1.165, 1.54) is 32.8 Å². The lowest BCUT2D eigenvalue weighted by Crippen LogP contribution is -2.27. The van der Waals surface area contributed by atoms with E-state index in [-0.39, 0.29) is 35.3 Å². The predicted molar refractivity (Wildman–Crippen MR) is 124 cm³/mol. The molecule has 0 saturated heterocycles. The summed E-state index contributed by atoms with van der Waals surface area (Å²) >= 11 is 0. The van der Waals surface area contributed by atoms with Gasteiger partial charge in [-0.1, -0.05) is 19.3 Å². The van der Waals surface area contributed by atoms with Crippen molar-refractivity contribution in [2.75, 3.05) is 27.4 Å². The van der Waals surface area contributed by atoms with Crippen molar-refractivity contribution < 1.29 is 17.9 Å². The third kappa shape index (κ3) is 4.66. The molecule has 33 heavy (non-hydrogen) atoms. The van der Waals surface area contributed by atoms with Gasteiger partial charge < -0.3 is 14.5 Å². The highest BCUT2D eigenvalue weighted by atomic mass is 32.2. The Balaban J connectivity index is 1.74. The summed E-state index contributed by atoms with van der Waals surface area (Å²) in [7, 11) is 0.979. The second-order valence-corrected chi connectivity index (χ2v) is 9.98. The van der Waals surface area contributed by atoms with Crippen LogP contribution in [0.15, 0.2) is 27.9 Å². The van der Waals surface area contributed by atoms with E-state index in [1.54, 1.807) is 17.8 Å². The molecule has 3 aromatic rings. The van der Waals surface area contributed by atoms with Crippen LogP contribution in [-0.2, 0) is 21.8 Å². The number of H-pyrrole nitrogens is 1. The molecular formula is C22H29N5O5S. The number of ether oxygens (including phenoxy) is 2. The van der Waals surface area contributed by atoms with Crippen LogP contribution in [0.4, 0.5) is 0 Å². The maximum atomic E-state index is 13.1. The lowest BCUT2D eigenvalue weighted by atomic mass is 9.86. The van der Waals surface area contributed by atoms with Gasteiger partial charge in [0.15, 0.2) is 5.65 Å². The van der Waals surface area contributed by atoms with Gasteiger partial charge in [-0.15, -0.1) is 0 Å². The van der Waals surface area contributed by atoms with Crippen molar-refractivity contribution in [3.05, 3.63) is 34.2 Å². The fourth-order valence-electron chi connectivity index (χ4n) is 4.37. The van der Waals surface area contributed by atoms with E-state index in [0.29, 0.717) is 22.4 Å². The van der Waals surface area contributed by atoms with Crippen molar-refractivity contribution in [1.82, 2.24) is 24.5 Å². The lowest BCUT2D eigenvalue weighted by Gasteiger charge is -2.19. The van der Waals surface area contributed by atoms with Crippen molar-refractivity contribution in [2.24, 2.45) is 7.05 Å². The van der Waals surface area contributed by atoms with Crippen LogP contribution in [0.5, 0.6) is 5.75 Å². The Morgan fingerprint density at radius 3 is 2.67 bits per heavy atom. The van der Waals surface area contributed by atoms with Crippen LogP contribution in [0, 0.1) is 0 Å². The Kier molecular flexibility index (Phi) is 6.82. The first kappa shape index (κ1) is 23.4. The smallest absolute Gasteiger partial charge is 0.262 e. The number of nitrogens with one attached hydrogen (secondary N) is 2. The summed E-state index contributed by atoms with van der Waals surface area (Å²) in [5.74, 6) is 0.835. The molecular weight excluding hydrogens is 446 g/mol. The van der Waals surface area contributed by atoms with Crippen molar-refractivity contribution >= 4 is 21.1 Å². The maximum Gasteiger partial charge on any atom is 0.262 e. The van der Waals surface area contributed by atoms with Crippen LogP contribution in [0.3, 0.4) is 0 Å². The summed E-state index contributed by atoms with van der Waals surface area (Å²) in [6.07, 6.45) is 5.54. The van der Waals surface area contributed by atoms with Gasteiger partial charge in [0.1, 0.15) is 17.0 Å². The number of aromatic nitrogens is 4. The Labute approximate surface area is 192 Å². The minimum absolute atomic E-state index is 0.0442. The number of fused-ring (bicyclic) bond motifs is 1. The number of rotatable bonds is 8. The van der Waals surface area contributed by atoms with E-state index in [1.807, 2.05) is 0 Å². The quantitative estimate of drug-likeness (QED) is 0.478. The fourth-order valence-corrected chi connectivity index (χ4v) is 5.40. The molecule has 1 aromatic carbocycles. The summed E-state index contributed by atoms with van der Waals surface area (Å²) in [5.41, 5.74) is 1.52. The van der Waals surface area contributed by atoms with E-state index >= 15 is 0 Å². The Bertz CT molecular complexity index is 1310. The van der Waals surface area contributed by atoms with Gasteiger partial charge in [0, 0.05) is 32.7 Å². The molecule has 0 bridgehead atoms. The molecule has 10 nitrogen and oxygen atoms in total. The van der Waals surface area contributed by atoms with Crippen LogP contribution in [0.25, 0.3) is 22.4 Å². The number of aryl methyl sites for hydroxylation is 1. The van der Waals surface area contributed by atoms with Crippen molar-refractivity contribution in [3.8, 4) is 17.1 Å². The second-order valence-electron chi connectivity index (χ2n) is 8.21. The minimum Gasteiger partial charge on any atom is -0.496 e. The van der Waals surface area contributed by atoms with Gasteiger partial charge in [-0.25, -0.2) is 22.8 Å². The summed E-state index contributed by atoms with van der Waals surface area (Å²) in [6.45, 7) is 0.408. The molecule has 178 valence electrons. The minimum atomic E-state index is -3.74. The molecule has 1 aliphatic carbocycles. The molecule has 1 saturated carbocycles. The van der Waals surface area contributed by atoms with Gasteiger partial charge in [0.2, 0.25) is 10.0 Å². The Hall–Kier alpha value is -2.76. The summed E-state index contributed by atoms with van der Waals surface area (Å²) in [6, 6.07) is 4.44. The largest absolute Gasteiger partial charge is 0.496 e. The van der Waals surface area contributed by atoms with Crippen molar-refractivity contribution in [1.29, 1.82) is 0 Å². The summed E-state index contributed by atoms with van der Waals surface area (Å²) in [4.78, 5) is 20.7. The number of aromatic amines is 1. The van der Waals surface area contributed by atoms with Crippen LogP contribution < -0.4 is 15.0 Å². The number of hydrogen-bond donors (Lipinski definition) is 2. The molecule has 0 atom stereocenters. The van der Waals surface area contributed by atoms with Gasteiger partial charge in [0.05, 0.1) is 29.9 Å². The van der Waals surface area contributed by atoms with E-state index in [2.05, 4.69) is 19.8 Å². The topological polar surface area (TPSA) is 128 Å². The first-order chi connectivity index (χ1) is 15.9. The number of benzene rings is 1. The first-order valence-electron chi connectivity index (χ1n) is 11.0. The maximum absolute atomic E-state index is 13.1. The van der Waals surface area contributed by atoms with Gasteiger partial charge in [-0.3, -0.25) is 4.79 Å². The number of methoxy groups -OCH3 is 2. The molecule has 2 aromatic heterocycles. The zero-order valence-corrected chi connectivity index (χ0v) is 19.9. The number of hydrogen-bond acceptors (Lipinski definition) is 7. The molecule has 1 fully saturated rings. The monoisotopic (exact) mass is 475 g/mol. The van der Waals surface area contributed by atoms with E-state index in [9.17, 15) is 13.2 Å². The van der Waals surface area contributed by atoms with Crippen molar-refractivity contribution in [3.63, 3.8) is 0 Å². The molecule has 4 rings (SSSR count). The highest BCUT2D eigenvalue weighted by Crippen LogP contribution is 2.35. The highest BCUT2D eigenvalue weighted by Gasteiger charge is 2.25. The fraction of sp³-hybridized carbons (Fsp3) is 0.500. The van der Waals surface area contributed by atoms with Gasteiger partial charge in [-0.2, -0.15) is 5.10 Å². The van der Waals surface area contributed by atoms with Crippen LogP contribution in [-0.4, -0.2) is 55.5 Å². The molecule has 0 amide bonds. The molecule has 0 radical (unpaired) electrons. The number of sulfonamides is 1. The van der Waals surface area contributed by atoms with E-state index in [4.69, 9.17) is 9.47 Å². The average Bonchev–Trinajstić information content (AvgIpc) is 3.16. The highest BCUT2D eigenvalue weighted by molar-refractivity contribution is 7.89. The summed E-state index contributed by atoms with van der Waals surface area (Å²) in [5, 5.41) is 5.16. The zero-order chi connectivity index (χ0) is 23.6. The molecule has 2 heterocycles. The molecule has 0 spiro atoms. The predicted octanol–water partition coefficient (Wildman–Crippen LogP) is 2.30. The second kappa shape index (κ2) is 9.62. The number of nitrogens with zero attached hydrogens (tertiary/aromatic N) is 3. The third-order valence-corrected chi connectivity index (χ3v) is 7.51. The van der Waals surface area contributed by atoms with E-state index in [0.717, 1.165) is 31.4 Å². The van der Waals surface area contributed by atoms with Gasteiger partial charge in [0.25, 0.3) is 5.56 Å². The van der Waals surface area contributed by atoms with Crippen LogP contribution in [0.2, 0.25) is 0 Å². The van der Waals surface area contributed by atoms with E-state index < -0.39 is 10.0 Å². The third-order valence-electron chi connectivity index (χ3n) is 6.05. The Morgan fingerprint density at radius 2 is 1.97 bits per heavy atom. The molecule has 2 N–H and O–H groups in total. The van der Waals surface area contributed by atoms with Crippen molar-refractivity contribution in [2.45, 2.75) is 42.9 Å². The zero-order valence-electron chi connectivity index (χ0n) is 19.1. The standard InChI is InChI=1S/C22H29N5O5S/c1-27-21-18(19(26-27)14-7-5-4-6-8-14)22(28)25-20(24-21)16-10-9-15(13-17(16)32-3)33(29,30)23-11-12-31-2/h9-10,13-14,23H,4-8,11-12H2,1-3H3,(H,24,25,28). The molecule has 1 aliphatic rings. The summed E-state index contributed by atoms with van der Waals surface area (Å²) < 4.78 is 39.5. The molecule has 0 unspecified atom stereocenters. The van der Waals surface area contributed by atoms with Crippen LogP contribution in [0.1, 0.15) is 43.7 Å². The normalized spacial score (nSPS) is 15.2. The van der Waals surface area contributed by atoms with Crippen LogP contribution >= 0.6 is 0 Å². The first-order valence-corrected chi connectivity index (χ1v) is 12.5. The molecule has 11 heteroatoms. The average molecular weight is 476 g/mol. The van der Waals surface area contributed by atoms with Gasteiger partial charge in [-0.05, 0) is 25.0 Å². The Morgan fingerprint density at radius 1 is 1.21 bits per heavy atom. The van der Waals surface area contributed by atoms with Gasteiger partial charge >= 0.3 is 0 Å².